The monoisotopic (exact) mass is 285 g/mol. The molecule has 0 atom stereocenters. The molecule has 0 unspecified atom stereocenters. The van der Waals surface area contributed by atoms with E-state index < -0.39 is 0 Å². The zero-order valence-corrected chi connectivity index (χ0v) is 11.5. The number of fused-ring (bicyclic) bond motifs is 1. The van der Waals surface area contributed by atoms with Crippen LogP contribution >= 0.6 is 11.6 Å². The molecule has 3 aromatic rings. The second kappa shape index (κ2) is 4.94. The lowest BCUT2D eigenvalue weighted by molar-refractivity contribution is 1.11. The Balaban J connectivity index is 2.10. The van der Waals surface area contributed by atoms with Crippen molar-refractivity contribution in [3.05, 3.63) is 47.5 Å². The van der Waals surface area contributed by atoms with Gasteiger partial charge in [0.2, 0.25) is 5.28 Å². The first-order valence-electron chi connectivity index (χ1n) is 6.05. The topological polar surface area (TPSA) is 76.7 Å². The minimum Gasteiger partial charge on any atom is -0.394 e. The van der Waals surface area contributed by atoms with Gasteiger partial charge in [-0.15, -0.1) is 0 Å². The van der Waals surface area contributed by atoms with Crippen molar-refractivity contribution in [3.63, 3.8) is 0 Å². The van der Waals surface area contributed by atoms with Crippen molar-refractivity contribution in [3.8, 4) is 0 Å². The quantitative estimate of drug-likeness (QED) is 0.706. The number of hydrogen-bond donors (Lipinski definition) is 2. The Morgan fingerprint density at radius 2 is 2.00 bits per heavy atom. The molecule has 0 amide bonds. The van der Waals surface area contributed by atoms with Gasteiger partial charge >= 0.3 is 0 Å². The highest BCUT2D eigenvalue weighted by atomic mass is 35.5. The van der Waals surface area contributed by atoms with Gasteiger partial charge in [-0.3, -0.25) is 4.98 Å². The van der Waals surface area contributed by atoms with E-state index in [4.69, 9.17) is 17.3 Å². The normalized spacial score (nSPS) is 10.7. The number of aromatic nitrogens is 3. The Morgan fingerprint density at radius 1 is 1.15 bits per heavy atom. The number of nitrogens with one attached hydrogen (secondary N) is 1. The molecule has 3 N–H and O–H groups in total. The smallest absolute Gasteiger partial charge is 0.224 e. The second-order valence-corrected chi connectivity index (χ2v) is 4.68. The highest BCUT2D eigenvalue weighted by molar-refractivity contribution is 6.28. The summed E-state index contributed by atoms with van der Waals surface area (Å²) in [4.78, 5) is 12.5. The number of nitrogens with two attached hydrogens (primary N) is 1. The fraction of sp³-hybridized carbons (Fsp3) is 0.0714. The number of halogens is 1. The van der Waals surface area contributed by atoms with Crippen molar-refractivity contribution in [1.29, 1.82) is 0 Å². The molecule has 2 heterocycles. The third-order valence-electron chi connectivity index (χ3n) is 3.01. The summed E-state index contributed by atoms with van der Waals surface area (Å²) in [5.74, 6) is 0.499. The molecule has 0 spiro atoms. The number of pyridine rings is 1. The van der Waals surface area contributed by atoms with Gasteiger partial charge in [0.05, 0.1) is 16.9 Å². The molecule has 0 aliphatic carbocycles. The molecule has 6 heteroatoms. The summed E-state index contributed by atoms with van der Waals surface area (Å²) in [6.07, 6.45) is 1.76. The summed E-state index contributed by atoms with van der Waals surface area (Å²) in [6.45, 7) is 1.79. The van der Waals surface area contributed by atoms with E-state index in [-0.39, 0.29) is 5.28 Å². The maximum atomic E-state index is 5.98. The van der Waals surface area contributed by atoms with Crippen molar-refractivity contribution < 1.29 is 0 Å². The van der Waals surface area contributed by atoms with E-state index in [9.17, 15) is 0 Å². The van der Waals surface area contributed by atoms with Gasteiger partial charge in [-0.25, -0.2) is 4.98 Å². The van der Waals surface area contributed by atoms with Crippen molar-refractivity contribution in [2.24, 2.45) is 0 Å². The van der Waals surface area contributed by atoms with E-state index in [0.717, 1.165) is 16.6 Å². The van der Waals surface area contributed by atoms with E-state index in [0.29, 0.717) is 17.2 Å². The maximum absolute atomic E-state index is 5.98. The SMILES string of the molecule is Cc1nc(Cl)nc(Nc2cccc3ncccc23)c1N. The molecule has 100 valence electrons. The Labute approximate surface area is 120 Å². The van der Waals surface area contributed by atoms with Crippen molar-refractivity contribution >= 4 is 39.7 Å². The Morgan fingerprint density at radius 3 is 2.85 bits per heavy atom. The standard InChI is InChI=1S/C14H12ClN5/c1-8-12(16)13(20-14(15)18-8)19-11-6-2-5-10-9(11)4-3-7-17-10/h2-7H,16H2,1H3,(H,18,19,20). The summed E-state index contributed by atoms with van der Waals surface area (Å²) >= 11 is 5.88. The van der Waals surface area contributed by atoms with Crippen molar-refractivity contribution in [2.45, 2.75) is 6.92 Å². The molecular formula is C14H12ClN5. The fourth-order valence-corrected chi connectivity index (χ4v) is 2.19. The summed E-state index contributed by atoms with van der Waals surface area (Å²) in [6, 6.07) is 9.67. The lowest BCUT2D eigenvalue weighted by atomic mass is 10.2. The largest absolute Gasteiger partial charge is 0.394 e. The van der Waals surface area contributed by atoms with Gasteiger partial charge in [0.15, 0.2) is 5.82 Å². The van der Waals surface area contributed by atoms with Crippen LogP contribution in [0.15, 0.2) is 36.5 Å². The molecule has 5 nitrogen and oxygen atoms in total. The molecule has 0 aliphatic rings. The number of nitrogens with zero attached hydrogens (tertiary/aromatic N) is 3. The molecule has 0 fully saturated rings. The van der Waals surface area contributed by atoms with Crippen LogP contribution in [0.3, 0.4) is 0 Å². The van der Waals surface area contributed by atoms with Crippen LogP contribution in [0.1, 0.15) is 5.69 Å². The predicted molar refractivity (Wildman–Crippen MR) is 81.2 cm³/mol. The predicted octanol–water partition coefficient (Wildman–Crippen LogP) is 3.31. The molecule has 0 aliphatic heterocycles. The third-order valence-corrected chi connectivity index (χ3v) is 3.18. The minimum atomic E-state index is 0.164. The molecule has 1 aromatic carbocycles. The minimum absolute atomic E-state index is 0.164. The summed E-state index contributed by atoms with van der Waals surface area (Å²) < 4.78 is 0. The van der Waals surface area contributed by atoms with Crippen molar-refractivity contribution in [2.75, 3.05) is 11.1 Å². The second-order valence-electron chi connectivity index (χ2n) is 4.34. The van der Waals surface area contributed by atoms with Crippen LogP contribution in [0.2, 0.25) is 5.28 Å². The van der Waals surface area contributed by atoms with Gasteiger partial charge < -0.3 is 11.1 Å². The van der Waals surface area contributed by atoms with Gasteiger partial charge in [0.1, 0.15) is 0 Å². The third kappa shape index (κ3) is 2.23. The van der Waals surface area contributed by atoms with Gasteiger partial charge in [0.25, 0.3) is 0 Å². The molecule has 0 radical (unpaired) electrons. The van der Waals surface area contributed by atoms with Gasteiger partial charge in [-0.2, -0.15) is 4.98 Å². The lowest BCUT2D eigenvalue weighted by Crippen LogP contribution is -2.04. The van der Waals surface area contributed by atoms with Crippen LogP contribution in [0.25, 0.3) is 10.9 Å². The first-order chi connectivity index (χ1) is 9.65. The van der Waals surface area contributed by atoms with E-state index in [1.165, 1.54) is 0 Å². The number of hydrogen-bond acceptors (Lipinski definition) is 5. The van der Waals surface area contributed by atoms with Crippen LogP contribution in [-0.4, -0.2) is 15.0 Å². The molecule has 0 saturated heterocycles. The molecule has 0 saturated carbocycles. The van der Waals surface area contributed by atoms with Crippen LogP contribution in [0, 0.1) is 6.92 Å². The van der Waals surface area contributed by atoms with Crippen LogP contribution in [0.5, 0.6) is 0 Å². The van der Waals surface area contributed by atoms with E-state index >= 15 is 0 Å². The Hall–Kier alpha value is -2.40. The number of aryl methyl sites for hydroxylation is 1. The summed E-state index contributed by atoms with van der Waals surface area (Å²) in [7, 11) is 0. The number of nitrogen functional groups attached to an aromatic ring is 1. The van der Waals surface area contributed by atoms with Gasteiger partial charge in [0, 0.05) is 17.3 Å². The lowest BCUT2D eigenvalue weighted by Gasteiger charge is -2.12. The van der Waals surface area contributed by atoms with E-state index in [1.54, 1.807) is 13.1 Å². The summed E-state index contributed by atoms with van der Waals surface area (Å²) in [5.41, 5.74) is 8.88. The highest BCUT2D eigenvalue weighted by Crippen LogP contribution is 2.28. The molecule has 3 rings (SSSR count). The van der Waals surface area contributed by atoms with Gasteiger partial charge in [-0.1, -0.05) is 6.07 Å². The molecule has 20 heavy (non-hydrogen) atoms. The summed E-state index contributed by atoms with van der Waals surface area (Å²) in [5, 5.41) is 4.35. The van der Waals surface area contributed by atoms with Crippen LogP contribution < -0.4 is 11.1 Å². The van der Waals surface area contributed by atoms with E-state index in [1.807, 2.05) is 30.3 Å². The van der Waals surface area contributed by atoms with Crippen molar-refractivity contribution in [1.82, 2.24) is 15.0 Å². The maximum Gasteiger partial charge on any atom is 0.224 e. The average Bonchev–Trinajstić information content (AvgIpc) is 2.44. The Kier molecular flexibility index (Phi) is 3.12. The molecule has 2 aromatic heterocycles. The first kappa shape index (κ1) is 12.6. The van der Waals surface area contributed by atoms with Gasteiger partial charge in [-0.05, 0) is 42.8 Å². The number of anilines is 3. The first-order valence-corrected chi connectivity index (χ1v) is 6.43. The molecule has 0 bridgehead atoms. The highest BCUT2D eigenvalue weighted by Gasteiger charge is 2.09. The fourth-order valence-electron chi connectivity index (χ4n) is 1.98. The molecular weight excluding hydrogens is 274 g/mol. The van der Waals surface area contributed by atoms with E-state index in [2.05, 4.69) is 20.3 Å². The number of rotatable bonds is 2. The zero-order valence-electron chi connectivity index (χ0n) is 10.8. The Bertz CT molecular complexity index is 782. The zero-order chi connectivity index (χ0) is 14.1. The van der Waals surface area contributed by atoms with Crippen LogP contribution in [0.4, 0.5) is 17.2 Å². The average molecular weight is 286 g/mol. The van der Waals surface area contributed by atoms with Crippen LogP contribution in [-0.2, 0) is 0 Å². The number of benzene rings is 1.